The lowest BCUT2D eigenvalue weighted by Gasteiger charge is -2.27. The third-order valence-electron chi connectivity index (χ3n) is 4.88. The fraction of sp³-hybridized carbons (Fsp3) is 0.409. The second-order valence-corrected chi connectivity index (χ2v) is 6.75. The zero-order chi connectivity index (χ0) is 18.9. The van der Waals surface area contributed by atoms with Crippen LogP contribution in [0, 0.1) is 0 Å². The summed E-state index contributed by atoms with van der Waals surface area (Å²) in [7, 11) is 0. The molecule has 1 aliphatic heterocycles. The van der Waals surface area contributed by atoms with Gasteiger partial charge in [0.1, 0.15) is 5.75 Å². The number of benzene rings is 2. The van der Waals surface area contributed by atoms with Gasteiger partial charge in [0.2, 0.25) is 6.10 Å². The standard InChI is InChI=1S/C22H29N3O2/c1-2-18-8-6-7-11-20(18)27-21(19-9-4-3-5-10-19)22(26)24-14-17-25-15-12-23-13-16-25/h3-11,21,23H,2,12-17H2,1H3,(H,24,26). The Morgan fingerprint density at radius 1 is 1.11 bits per heavy atom. The molecule has 1 amide bonds. The number of aryl methyl sites for hydroxylation is 1. The van der Waals surface area contributed by atoms with Crippen LogP contribution in [-0.2, 0) is 11.2 Å². The van der Waals surface area contributed by atoms with Gasteiger partial charge in [-0.25, -0.2) is 0 Å². The number of hydrogen-bond acceptors (Lipinski definition) is 4. The number of nitrogens with zero attached hydrogens (tertiary/aromatic N) is 1. The fourth-order valence-corrected chi connectivity index (χ4v) is 3.30. The molecule has 2 N–H and O–H groups in total. The highest BCUT2D eigenvalue weighted by Gasteiger charge is 2.23. The third-order valence-corrected chi connectivity index (χ3v) is 4.88. The number of hydrogen-bond donors (Lipinski definition) is 2. The van der Waals surface area contributed by atoms with Crippen LogP contribution in [0.25, 0.3) is 0 Å². The number of carbonyl (C=O) groups is 1. The largest absolute Gasteiger partial charge is 0.476 e. The summed E-state index contributed by atoms with van der Waals surface area (Å²) in [6, 6.07) is 17.6. The number of amides is 1. The van der Waals surface area contributed by atoms with Crippen LogP contribution in [0.4, 0.5) is 0 Å². The summed E-state index contributed by atoms with van der Waals surface area (Å²) < 4.78 is 6.19. The fourth-order valence-electron chi connectivity index (χ4n) is 3.30. The van der Waals surface area contributed by atoms with Gasteiger partial charge in [0.25, 0.3) is 5.91 Å². The number of rotatable bonds is 8. The minimum Gasteiger partial charge on any atom is -0.476 e. The quantitative estimate of drug-likeness (QED) is 0.752. The van der Waals surface area contributed by atoms with Gasteiger partial charge in [-0.1, -0.05) is 55.5 Å². The molecule has 1 aliphatic rings. The van der Waals surface area contributed by atoms with E-state index in [-0.39, 0.29) is 5.91 Å². The second-order valence-electron chi connectivity index (χ2n) is 6.75. The van der Waals surface area contributed by atoms with E-state index in [0.29, 0.717) is 6.54 Å². The second kappa shape index (κ2) is 10.1. The van der Waals surface area contributed by atoms with Crippen molar-refractivity contribution in [3.05, 3.63) is 65.7 Å². The smallest absolute Gasteiger partial charge is 0.265 e. The first kappa shape index (κ1) is 19.4. The Kier molecular flexibility index (Phi) is 7.25. The Morgan fingerprint density at radius 2 is 1.81 bits per heavy atom. The van der Waals surface area contributed by atoms with Gasteiger partial charge in [-0.2, -0.15) is 0 Å². The summed E-state index contributed by atoms with van der Waals surface area (Å²) in [5.41, 5.74) is 1.97. The lowest BCUT2D eigenvalue weighted by molar-refractivity contribution is -0.128. The van der Waals surface area contributed by atoms with Gasteiger partial charge in [-0.3, -0.25) is 9.69 Å². The van der Waals surface area contributed by atoms with Gasteiger partial charge in [0.05, 0.1) is 0 Å². The van der Waals surface area contributed by atoms with Gasteiger partial charge in [-0.05, 0) is 18.1 Å². The molecule has 1 saturated heterocycles. The molecule has 5 heteroatoms. The van der Waals surface area contributed by atoms with Crippen molar-refractivity contribution in [2.45, 2.75) is 19.4 Å². The number of para-hydroxylation sites is 1. The Bertz CT molecular complexity index is 715. The molecule has 0 aromatic heterocycles. The van der Waals surface area contributed by atoms with Crippen molar-refractivity contribution in [1.29, 1.82) is 0 Å². The van der Waals surface area contributed by atoms with Crippen LogP contribution in [0.3, 0.4) is 0 Å². The molecule has 0 saturated carbocycles. The highest BCUT2D eigenvalue weighted by molar-refractivity contribution is 5.82. The summed E-state index contributed by atoms with van der Waals surface area (Å²) in [6.07, 6.45) is 0.212. The van der Waals surface area contributed by atoms with E-state index < -0.39 is 6.10 Å². The lowest BCUT2D eigenvalue weighted by atomic mass is 10.1. The van der Waals surface area contributed by atoms with Gasteiger partial charge < -0.3 is 15.4 Å². The van der Waals surface area contributed by atoms with Crippen molar-refractivity contribution in [2.75, 3.05) is 39.3 Å². The molecule has 1 heterocycles. The third kappa shape index (κ3) is 5.55. The first-order valence-corrected chi connectivity index (χ1v) is 9.78. The van der Waals surface area contributed by atoms with E-state index in [1.54, 1.807) is 0 Å². The van der Waals surface area contributed by atoms with Crippen LogP contribution in [0.1, 0.15) is 24.2 Å². The molecule has 0 aliphatic carbocycles. The van der Waals surface area contributed by atoms with Gasteiger partial charge in [-0.15, -0.1) is 0 Å². The van der Waals surface area contributed by atoms with Crippen molar-refractivity contribution in [3.63, 3.8) is 0 Å². The van der Waals surface area contributed by atoms with E-state index in [2.05, 4.69) is 22.5 Å². The molecule has 0 bridgehead atoms. The normalized spacial score (nSPS) is 15.9. The molecule has 1 unspecified atom stereocenters. The first-order valence-electron chi connectivity index (χ1n) is 9.78. The molecule has 0 radical (unpaired) electrons. The Balaban J connectivity index is 1.67. The number of carbonyl (C=O) groups excluding carboxylic acids is 1. The van der Waals surface area contributed by atoms with Crippen LogP contribution in [0.2, 0.25) is 0 Å². The van der Waals surface area contributed by atoms with Crippen molar-refractivity contribution in [1.82, 2.24) is 15.5 Å². The summed E-state index contributed by atoms with van der Waals surface area (Å²) in [6.45, 7) is 7.65. The molecule has 2 aromatic carbocycles. The summed E-state index contributed by atoms with van der Waals surface area (Å²) in [5.74, 6) is 0.674. The first-order chi connectivity index (χ1) is 13.3. The predicted octanol–water partition coefficient (Wildman–Crippen LogP) is 2.39. The van der Waals surface area contributed by atoms with Crippen molar-refractivity contribution in [3.8, 4) is 5.75 Å². The number of nitrogens with one attached hydrogen (secondary N) is 2. The predicted molar refractivity (Wildman–Crippen MR) is 108 cm³/mol. The van der Waals surface area contributed by atoms with E-state index in [1.165, 1.54) is 0 Å². The van der Waals surface area contributed by atoms with E-state index in [1.807, 2.05) is 54.6 Å². The Hall–Kier alpha value is -2.37. The van der Waals surface area contributed by atoms with Crippen molar-refractivity contribution < 1.29 is 9.53 Å². The number of piperazine rings is 1. The Labute approximate surface area is 161 Å². The lowest BCUT2D eigenvalue weighted by Crippen LogP contribution is -2.46. The minimum atomic E-state index is -0.651. The topological polar surface area (TPSA) is 53.6 Å². The molecule has 27 heavy (non-hydrogen) atoms. The van der Waals surface area contributed by atoms with Crippen molar-refractivity contribution >= 4 is 5.91 Å². The molecular weight excluding hydrogens is 338 g/mol. The maximum absolute atomic E-state index is 12.9. The van der Waals surface area contributed by atoms with E-state index >= 15 is 0 Å². The van der Waals surface area contributed by atoms with Crippen molar-refractivity contribution in [2.24, 2.45) is 0 Å². The molecule has 5 nitrogen and oxygen atoms in total. The Morgan fingerprint density at radius 3 is 2.56 bits per heavy atom. The van der Waals surface area contributed by atoms with Crippen LogP contribution in [0.15, 0.2) is 54.6 Å². The summed E-state index contributed by atoms with van der Waals surface area (Å²) in [4.78, 5) is 15.3. The molecule has 0 spiro atoms. The SMILES string of the molecule is CCc1ccccc1OC(C(=O)NCCN1CCNCC1)c1ccccc1. The molecule has 2 aromatic rings. The average molecular weight is 367 g/mol. The highest BCUT2D eigenvalue weighted by atomic mass is 16.5. The van der Waals surface area contributed by atoms with E-state index in [4.69, 9.17) is 4.74 Å². The van der Waals surface area contributed by atoms with E-state index in [9.17, 15) is 4.79 Å². The maximum atomic E-state index is 12.9. The molecule has 1 fully saturated rings. The minimum absolute atomic E-state index is 0.0951. The van der Waals surface area contributed by atoms with Gasteiger partial charge in [0.15, 0.2) is 0 Å². The van der Waals surface area contributed by atoms with E-state index in [0.717, 1.165) is 56.0 Å². The molecular formula is C22H29N3O2. The number of ether oxygens (including phenoxy) is 1. The monoisotopic (exact) mass is 367 g/mol. The molecule has 3 rings (SSSR count). The molecule has 1 atom stereocenters. The maximum Gasteiger partial charge on any atom is 0.265 e. The molecule has 144 valence electrons. The average Bonchev–Trinajstić information content (AvgIpc) is 2.73. The summed E-state index contributed by atoms with van der Waals surface area (Å²) >= 11 is 0. The zero-order valence-electron chi connectivity index (χ0n) is 16.0. The van der Waals surface area contributed by atoms with Crippen LogP contribution < -0.4 is 15.4 Å². The van der Waals surface area contributed by atoms with Crippen LogP contribution in [0.5, 0.6) is 5.75 Å². The zero-order valence-corrected chi connectivity index (χ0v) is 16.0. The van der Waals surface area contributed by atoms with Gasteiger partial charge >= 0.3 is 0 Å². The van der Waals surface area contributed by atoms with Crippen LogP contribution >= 0.6 is 0 Å². The van der Waals surface area contributed by atoms with Crippen LogP contribution in [-0.4, -0.2) is 50.1 Å². The highest BCUT2D eigenvalue weighted by Crippen LogP contribution is 2.26. The van der Waals surface area contributed by atoms with Gasteiger partial charge in [0, 0.05) is 44.8 Å². The summed E-state index contributed by atoms with van der Waals surface area (Å²) in [5, 5.41) is 6.40.